The molecule has 0 bridgehead atoms. The zero-order chi connectivity index (χ0) is 24.7. The number of nitrogens with two attached hydrogens (primary N) is 1. The number of aromatic nitrogens is 4. The Kier molecular flexibility index (Phi) is 6.09. The topological polar surface area (TPSA) is 122 Å². The van der Waals surface area contributed by atoms with Crippen molar-refractivity contribution in [3.63, 3.8) is 0 Å². The van der Waals surface area contributed by atoms with Gasteiger partial charge in [-0.1, -0.05) is 25.1 Å². The van der Waals surface area contributed by atoms with Crippen LogP contribution in [0.3, 0.4) is 0 Å². The van der Waals surface area contributed by atoms with Crippen molar-refractivity contribution in [2.24, 2.45) is 7.05 Å². The molecule has 0 spiro atoms. The Labute approximate surface area is 198 Å². The summed E-state index contributed by atoms with van der Waals surface area (Å²) in [7, 11) is 1.30. The molecular weight excluding hydrogens is 454 g/mol. The van der Waals surface area contributed by atoms with Crippen molar-refractivity contribution in [1.82, 2.24) is 18.7 Å². The average Bonchev–Trinajstić information content (AvgIpc) is 3.24. The van der Waals surface area contributed by atoms with Gasteiger partial charge in [-0.2, -0.15) is 0 Å². The lowest BCUT2D eigenvalue weighted by molar-refractivity contribution is 0.0968. The van der Waals surface area contributed by atoms with E-state index >= 15 is 0 Å². The molecule has 0 saturated carbocycles. The zero-order valence-electron chi connectivity index (χ0n) is 19.4. The van der Waals surface area contributed by atoms with Gasteiger partial charge in [-0.3, -0.25) is 28.1 Å². The quantitative estimate of drug-likeness (QED) is 0.424. The molecule has 9 nitrogen and oxygen atoms in total. The number of carbonyl (C=O) groups excluding carboxylic acids is 1. The number of fused-ring (bicyclic) bond motifs is 1. The van der Waals surface area contributed by atoms with Crippen LogP contribution in [0.4, 0.5) is 5.82 Å². The Morgan fingerprint density at radius 3 is 2.53 bits per heavy atom. The van der Waals surface area contributed by atoms with Crippen molar-refractivity contribution < 1.29 is 4.79 Å². The van der Waals surface area contributed by atoms with E-state index in [9.17, 15) is 19.2 Å². The average molecular weight is 480 g/mol. The standard InChI is InChI=1S/C24H25N5O4S/c1-5-8-29-20(25)19(22(31)27(4)24(29)33)17(30)10-28-12-26-21-18(23(28)32)16(11-34-21)15-7-6-13(2)14(3)9-15/h6-7,9,11-12H,5,8,10,25H2,1-4H3. The molecule has 3 heterocycles. The Morgan fingerprint density at radius 1 is 1.12 bits per heavy atom. The first-order valence-corrected chi connectivity index (χ1v) is 11.7. The minimum atomic E-state index is -0.784. The minimum Gasteiger partial charge on any atom is -0.384 e. The molecule has 3 aromatic heterocycles. The first kappa shape index (κ1) is 23.4. The summed E-state index contributed by atoms with van der Waals surface area (Å²) in [5.74, 6) is -0.845. The van der Waals surface area contributed by atoms with E-state index < -0.39 is 23.6 Å². The van der Waals surface area contributed by atoms with Crippen LogP contribution in [-0.4, -0.2) is 24.5 Å². The summed E-state index contributed by atoms with van der Waals surface area (Å²) in [6, 6.07) is 5.96. The van der Waals surface area contributed by atoms with Gasteiger partial charge in [0.25, 0.3) is 11.1 Å². The molecule has 4 aromatic rings. The molecule has 34 heavy (non-hydrogen) atoms. The van der Waals surface area contributed by atoms with E-state index in [4.69, 9.17) is 5.73 Å². The number of aryl methyl sites for hydroxylation is 2. The SMILES string of the molecule is CCCn1c(N)c(C(=O)Cn2cnc3scc(-c4ccc(C)c(C)c4)c3c2=O)c(=O)n(C)c1=O. The van der Waals surface area contributed by atoms with Gasteiger partial charge < -0.3 is 5.73 Å². The van der Waals surface area contributed by atoms with Crippen molar-refractivity contribution in [2.75, 3.05) is 5.73 Å². The first-order valence-electron chi connectivity index (χ1n) is 10.8. The highest BCUT2D eigenvalue weighted by atomic mass is 32.1. The van der Waals surface area contributed by atoms with Crippen molar-refractivity contribution in [3.8, 4) is 11.1 Å². The van der Waals surface area contributed by atoms with Gasteiger partial charge in [0, 0.05) is 24.5 Å². The Bertz CT molecular complexity index is 1620. The lowest BCUT2D eigenvalue weighted by Gasteiger charge is -2.14. The maximum absolute atomic E-state index is 13.4. The molecule has 0 aliphatic rings. The molecule has 0 radical (unpaired) electrons. The van der Waals surface area contributed by atoms with E-state index in [0.717, 1.165) is 26.8 Å². The van der Waals surface area contributed by atoms with Crippen molar-refractivity contribution >= 4 is 33.2 Å². The number of thiophene rings is 1. The van der Waals surface area contributed by atoms with Crippen molar-refractivity contribution in [3.05, 3.63) is 77.8 Å². The fourth-order valence-electron chi connectivity index (χ4n) is 3.92. The maximum Gasteiger partial charge on any atom is 0.332 e. The van der Waals surface area contributed by atoms with Gasteiger partial charge in [0.1, 0.15) is 16.2 Å². The second kappa shape index (κ2) is 8.86. The van der Waals surface area contributed by atoms with Gasteiger partial charge in [0.05, 0.1) is 18.3 Å². The summed E-state index contributed by atoms with van der Waals surface area (Å²) in [5, 5.41) is 2.30. The van der Waals surface area contributed by atoms with E-state index in [2.05, 4.69) is 4.98 Å². The molecule has 176 valence electrons. The van der Waals surface area contributed by atoms with Crippen LogP contribution in [0, 0.1) is 13.8 Å². The monoisotopic (exact) mass is 479 g/mol. The summed E-state index contributed by atoms with van der Waals surface area (Å²) in [6.45, 7) is 5.72. The lowest BCUT2D eigenvalue weighted by atomic mass is 10.0. The Morgan fingerprint density at radius 2 is 1.85 bits per heavy atom. The van der Waals surface area contributed by atoms with Crippen LogP contribution >= 0.6 is 11.3 Å². The molecule has 0 fully saturated rings. The van der Waals surface area contributed by atoms with Gasteiger partial charge in [-0.05, 0) is 37.0 Å². The normalized spacial score (nSPS) is 11.3. The largest absolute Gasteiger partial charge is 0.384 e. The summed E-state index contributed by atoms with van der Waals surface area (Å²) < 4.78 is 3.24. The fraction of sp³-hybridized carbons (Fsp3) is 0.292. The molecule has 0 amide bonds. The van der Waals surface area contributed by atoms with Crippen LogP contribution in [0.2, 0.25) is 0 Å². The first-order chi connectivity index (χ1) is 16.1. The predicted molar refractivity (Wildman–Crippen MR) is 134 cm³/mol. The Balaban J connectivity index is 1.81. The molecule has 10 heteroatoms. The molecule has 0 saturated heterocycles. The highest BCUT2D eigenvalue weighted by Gasteiger charge is 2.23. The number of Topliss-reactive ketones (excluding diaryl/α,β-unsaturated/α-hetero) is 1. The number of anilines is 1. The van der Waals surface area contributed by atoms with Gasteiger partial charge in [0.15, 0.2) is 5.78 Å². The molecule has 0 atom stereocenters. The fourth-order valence-corrected chi connectivity index (χ4v) is 4.83. The number of rotatable bonds is 6. The summed E-state index contributed by atoms with van der Waals surface area (Å²) in [4.78, 5) is 56.5. The molecular formula is C24H25N5O4S. The van der Waals surface area contributed by atoms with Crippen molar-refractivity contribution in [1.29, 1.82) is 0 Å². The number of ketones is 1. The third-order valence-electron chi connectivity index (χ3n) is 6.00. The zero-order valence-corrected chi connectivity index (χ0v) is 20.2. The second-order valence-electron chi connectivity index (χ2n) is 8.29. The third-order valence-corrected chi connectivity index (χ3v) is 6.89. The number of nitrogens with zero attached hydrogens (tertiary/aromatic N) is 4. The van der Waals surface area contributed by atoms with E-state index in [1.165, 1.54) is 33.8 Å². The lowest BCUT2D eigenvalue weighted by Crippen LogP contribution is -2.43. The number of hydrogen-bond donors (Lipinski definition) is 1. The van der Waals surface area contributed by atoms with Crippen LogP contribution in [0.1, 0.15) is 34.8 Å². The summed E-state index contributed by atoms with van der Waals surface area (Å²) in [5.41, 5.74) is 7.89. The summed E-state index contributed by atoms with van der Waals surface area (Å²) in [6.07, 6.45) is 1.89. The van der Waals surface area contributed by atoms with E-state index in [-0.39, 0.29) is 23.5 Å². The van der Waals surface area contributed by atoms with E-state index in [1.807, 2.05) is 44.4 Å². The smallest absolute Gasteiger partial charge is 0.332 e. The molecule has 0 aliphatic heterocycles. The van der Waals surface area contributed by atoms with Crippen LogP contribution in [0.5, 0.6) is 0 Å². The molecule has 4 rings (SSSR count). The second-order valence-corrected chi connectivity index (χ2v) is 9.15. The van der Waals surface area contributed by atoms with Crippen molar-refractivity contribution in [2.45, 2.75) is 40.3 Å². The Hall–Kier alpha value is -3.79. The van der Waals surface area contributed by atoms with Gasteiger partial charge >= 0.3 is 5.69 Å². The van der Waals surface area contributed by atoms with Gasteiger partial charge in [0.2, 0.25) is 0 Å². The highest BCUT2D eigenvalue weighted by molar-refractivity contribution is 7.17. The highest BCUT2D eigenvalue weighted by Crippen LogP contribution is 2.31. The van der Waals surface area contributed by atoms with Crippen LogP contribution in [-0.2, 0) is 20.1 Å². The number of hydrogen-bond acceptors (Lipinski definition) is 7. The van der Waals surface area contributed by atoms with E-state index in [1.54, 1.807) is 0 Å². The number of benzene rings is 1. The molecule has 2 N–H and O–H groups in total. The minimum absolute atomic E-state index is 0.187. The summed E-state index contributed by atoms with van der Waals surface area (Å²) >= 11 is 1.35. The van der Waals surface area contributed by atoms with Crippen LogP contribution in [0.25, 0.3) is 21.3 Å². The van der Waals surface area contributed by atoms with Gasteiger partial charge in [-0.15, -0.1) is 11.3 Å². The van der Waals surface area contributed by atoms with Crippen LogP contribution < -0.4 is 22.5 Å². The van der Waals surface area contributed by atoms with E-state index in [0.29, 0.717) is 16.6 Å². The maximum atomic E-state index is 13.4. The van der Waals surface area contributed by atoms with Gasteiger partial charge in [-0.25, -0.2) is 9.78 Å². The predicted octanol–water partition coefficient (Wildman–Crippen LogP) is 2.48. The molecule has 0 aliphatic carbocycles. The van der Waals surface area contributed by atoms with Crippen LogP contribution in [0.15, 0.2) is 44.3 Å². The molecule has 0 unspecified atom stereocenters. The third kappa shape index (κ3) is 3.79. The molecule has 1 aromatic carbocycles. The number of carbonyl (C=O) groups is 1. The number of nitrogen functional groups attached to an aromatic ring is 1.